The van der Waals surface area contributed by atoms with Gasteiger partial charge >= 0.3 is 0 Å². The molecule has 5 nitrogen and oxygen atoms in total. The fourth-order valence-corrected chi connectivity index (χ4v) is 3.09. The van der Waals surface area contributed by atoms with Gasteiger partial charge in [-0.3, -0.25) is 9.69 Å². The number of nitrogens with one attached hydrogen (secondary N) is 1. The first-order valence-electron chi connectivity index (χ1n) is 8.74. The van der Waals surface area contributed by atoms with Crippen LogP contribution in [0.3, 0.4) is 0 Å². The van der Waals surface area contributed by atoms with Gasteiger partial charge in [-0.2, -0.15) is 0 Å². The van der Waals surface area contributed by atoms with Crippen LogP contribution in [-0.4, -0.2) is 56.1 Å². The van der Waals surface area contributed by atoms with E-state index in [1.54, 1.807) is 0 Å². The quantitative estimate of drug-likeness (QED) is 0.736. The van der Waals surface area contributed by atoms with E-state index in [9.17, 15) is 4.79 Å². The number of carbonyl (C=O) groups is 1. The van der Waals surface area contributed by atoms with Crippen molar-refractivity contribution in [2.24, 2.45) is 11.7 Å². The first kappa shape index (κ1) is 19.0. The molecule has 2 unspecified atom stereocenters. The van der Waals surface area contributed by atoms with Crippen LogP contribution >= 0.6 is 11.6 Å². The topological polar surface area (TPSA) is 61.6 Å². The maximum Gasteiger partial charge on any atom is 0.224 e. The fourth-order valence-electron chi connectivity index (χ4n) is 2.83. The monoisotopic (exact) mass is 352 g/mol. The Morgan fingerprint density at radius 2 is 1.92 bits per heavy atom. The molecule has 0 saturated carbocycles. The molecule has 2 rings (SSSR count). The van der Waals surface area contributed by atoms with Crippen molar-refractivity contribution in [3.63, 3.8) is 0 Å². The number of halogens is 1. The van der Waals surface area contributed by atoms with Crippen molar-refractivity contribution in [3.05, 3.63) is 29.3 Å². The summed E-state index contributed by atoms with van der Waals surface area (Å²) in [7, 11) is 0. The Labute approximate surface area is 150 Å². The molecule has 1 saturated heterocycles. The summed E-state index contributed by atoms with van der Waals surface area (Å²) in [5.41, 5.74) is 6.87. The summed E-state index contributed by atoms with van der Waals surface area (Å²) in [6.07, 6.45) is 0.962. The van der Waals surface area contributed by atoms with Gasteiger partial charge in [-0.1, -0.05) is 30.7 Å². The molecular weight excluding hydrogens is 324 g/mol. The fraction of sp³-hybridized carbons (Fsp3) is 0.611. The van der Waals surface area contributed by atoms with Gasteiger partial charge in [0.2, 0.25) is 5.91 Å². The maximum atomic E-state index is 11.8. The minimum Gasteiger partial charge on any atom is -0.368 e. The highest BCUT2D eigenvalue weighted by Gasteiger charge is 2.19. The third kappa shape index (κ3) is 5.36. The van der Waals surface area contributed by atoms with Crippen molar-refractivity contribution in [2.45, 2.75) is 26.3 Å². The van der Waals surface area contributed by atoms with E-state index in [-0.39, 0.29) is 17.9 Å². The van der Waals surface area contributed by atoms with Crippen LogP contribution in [0.2, 0.25) is 5.02 Å². The first-order valence-corrected chi connectivity index (χ1v) is 9.12. The lowest BCUT2D eigenvalue weighted by atomic mass is 10.0. The number of rotatable bonds is 7. The van der Waals surface area contributed by atoms with Crippen LogP contribution in [0.1, 0.15) is 20.3 Å². The molecule has 0 bridgehead atoms. The summed E-state index contributed by atoms with van der Waals surface area (Å²) >= 11 is 6.27. The molecule has 0 aliphatic carbocycles. The van der Waals surface area contributed by atoms with Crippen molar-refractivity contribution in [3.8, 4) is 0 Å². The molecule has 1 aromatic carbocycles. The van der Waals surface area contributed by atoms with E-state index in [1.165, 1.54) is 0 Å². The average Bonchev–Trinajstić information content (AvgIpc) is 2.59. The predicted molar refractivity (Wildman–Crippen MR) is 101 cm³/mol. The smallest absolute Gasteiger partial charge is 0.224 e. The van der Waals surface area contributed by atoms with E-state index in [0.29, 0.717) is 6.54 Å². The second kappa shape index (κ2) is 9.25. The average molecular weight is 353 g/mol. The lowest BCUT2D eigenvalue weighted by Crippen LogP contribution is -2.47. The molecule has 24 heavy (non-hydrogen) atoms. The summed E-state index contributed by atoms with van der Waals surface area (Å²) in [6.45, 7) is 9.46. The number of piperazine rings is 1. The number of nitrogens with two attached hydrogens (primary N) is 1. The van der Waals surface area contributed by atoms with Crippen molar-refractivity contribution in [2.75, 3.05) is 44.2 Å². The van der Waals surface area contributed by atoms with Gasteiger partial charge in [-0.05, 0) is 32.0 Å². The summed E-state index contributed by atoms with van der Waals surface area (Å²) in [5.74, 6) is -0.0855. The summed E-state index contributed by atoms with van der Waals surface area (Å²) < 4.78 is 0. The third-order valence-electron chi connectivity index (χ3n) is 4.72. The zero-order valence-electron chi connectivity index (χ0n) is 14.7. The SMILES string of the molecule is CC(N)C(C)C(=O)NCCCN1CCN(c2ccccc2Cl)CC1. The third-order valence-corrected chi connectivity index (χ3v) is 5.04. The molecule has 6 heteroatoms. The molecule has 1 fully saturated rings. The van der Waals surface area contributed by atoms with E-state index >= 15 is 0 Å². The highest BCUT2D eigenvalue weighted by atomic mass is 35.5. The zero-order chi connectivity index (χ0) is 17.5. The predicted octanol–water partition coefficient (Wildman–Crippen LogP) is 1.95. The molecule has 1 amide bonds. The lowest BCUT2D eigenvalue weighted by molar-refractivity contribution is -0.124. The molecule has 1 aliphatic rings. The maximum absolute atomic E-state index is 11.8. The molecule has 1 aliphatic heterocycles. The first-order chi connectivity index (χ1) is 11.5. The molecule has 1 heterocycles. The van der Waals surface area contributed by atoms with Crippen LogP contribution in [0.25, 0.3) is 0 Å². The minimum absolute atomic E-state index is 0.0496. The Hall–Kier alpha value is -1.30. The van der Waals surface area contributed by atoms with Gasteiger partial charge in [-0.25, -0.2) is 0 Å². The number of anilines is 1. The lowest BCUT2D eigenvalue weighted by Gasteiger charge is -2.36. The number of hydrogen-bond donors (Lipinski definition) is 2. The van der Waals surface area contributed by atoms with Crippen molar-refractivity contribution >= 4 is 23.2 Å². The molecule has 0 spiro atoms. The van der Waals surface area contributed by atoms with Crippen molar-refractivity contribution < 1.29 is 4.79 Å². The number of carbonyl (C=O) groups excluding carboxylic acids is 1. The normalized spacial score (nSPS) is 18.2. The minimum atomic E-state index is -0.135. The Balaban J connectivity index is 1.65. The van der Waals surface area contributed by atoms with Crippen molar-refractivity contribution in [1.29, 1.82) is 0 Å². The Kier molecular flexibility index (Phi) is 7.34. The standard InChI is InChI=1S/C18H29ClN4O/c1-14(15(2)20)18(24)21-8-5-9-22-10-12-23(13-11-22)17-7-4-3-6-16(17)19/h3-4,6-7,14-15H,5,8-13,20H2,1-2H3,(H,21,24). The summed E-state index contributed by atoms with van der Waals surface area (Å²) in [6, 6.07) is 7.90. The van der Waals surface area contributed by atoms with Gasteiger partial charge in [0.1, 0.15) is 0 Å². The summed E-state index contributed by atoms with van der Waals surface area (Å²) in [4.78, 5) is 16.6. The number of benzene rings is 1. The zero-order valence-corrected chi connectivity index (χ0v) is 15.4. The molecule has 0 radical (unpaired) electrons. The van der Waals surface area contributed by atoms with Gasteiger partial charge in [-0.15, -0.1) is 0 Å². The van der Waals surface area contributed by atoms with Gasteiger partial charge < -0.3 is 16.0 Å². The number of nitrogens with zero attached hydrogens (tertiary/aromatic N) is 2. The van der Waals surface area contributed by atoms with Gasteiger partial charge in [0.15, 0.2) is 0 Å². The second-order valence-electron chi connectivity index (χ2n) is 6.57. The Bertz CT molecular complexity index is 530. The van der Waals surface area contributed by atoms with Gasteiger partial charge in [0.25, 0.3) is 0 Å². The van der Waals surface area contributed by atoms with E-state index in [4.69, 9.17) is 17.3 Å². The van der Waals surface area contributed by atoms with E-state index in [1.807, 2.05) is 32.0 Å². The van der Waals surface area contributed by atoms with Crippen LogP contribution in [0.4, 0.5) is 5.69 Å². The van der Waals surface area contributed by atoms with Gasteiger partial charge in [0.05, 0.1) is 10.7 Å². The van der Waals surface area contributed by atoms with Crippen LogP contribution < -0.4 is 16.0 Å². The van der Waals surface area contributed by atoms with E-state index < -0.39 is 0 Å². The van der Waals surface area contributed by atoms with Crippen LogP contribution in [0.15, 0.2) is 24.3 Å². The number of hydrogen-bond acceptors (Lipinski definition) is 4. The molecule has 1 aromatic rings. The van der Waals surface area contributed by atoms with Crippen LogP contribution in [0, 0.1) is 5.92 Å². The Morgan fingerprint density at radius 3 is 2.54 bits per heavy atom. The highest BCUT2D eigenvalue weighted by Crippen LogP contribution is 2.25. The number of para-hydroxylation sites is 1. The van der Waals surface area contributed by atoms with Crippen LogP contribution in [0.5, 0.6) is 0 Å². The Morgan fingerprint density at radius 1 is 1.25 bits per heavy atom. The van der Waals surface area contributed by atoms with E-state index in [0.717, 1.165) is 49.9 Å². The van der Waals surface area contributed by atoms with Crippen molar-refractivity contribution in [1.82, 2.24) is 10.2 Å². The summed E-state index contributed by atoms with van der Waals surface area (Å²) in [5, 5.41) is 3.79. The molecular formula is C18H29ClN4O. The molecule has 0 aromatic heterocycles. The number of amides is 1. The molecule has 134 valence electrons. The molecule has 2 atom stereocenters. The van der Waals surface area contributed by atoms with E-state index in [2.05, 4.69) is 21.2 Å². The second-order valence-corrected chi connectivity index (χ2v) is 6.98. The highest BCUT2D eigenvalue weighted by molar-refractivity contribution is 6.33. The largest absolute Gasteiger partial charge is 0.368 e. The van der Waals surface area contributed by atoms with Gasteiger partial charge in [0, 0.05) is 44.7 Å². The molecule has 3 N–H and O–H groups in total. The van der Waals surface area contributed by atoms with Crippen LogP contribution in [-0.2, 0) is 4.79 Å².